The zero-order valence-electron chi connectivity index (χ0n) is 14.1. The highest BCUT2D eigenvalue weighted by Gasteiger charge is 2.44. The van der Waals surface area contributed by atoms with Crippen LogP contribution in [0.3, 0.4) is 0 Å². The molecule has 4 atom stereocenters. The lowest BCUT2D eigenvalue weighted by Crippen LogP contribution is -2.34. The van der Waals surface area contributed by atoms with E-state index < -0.39 is 18.3 Å². The van der Waals surface area contributed by atoms with Gasteiger partial charge < -0.3 is 19.5 Å². The van der Waals surface area contributed by atoms with Crippen molar-refractivity contribution in [3.05, 3.63) is 54.1 Å². The maximum atomic E-state index is 10.6. The number of fused-ring (bicyclic) bond motifs is 1. The summed E-state index contributed by atoms with van der Waals surface area (Å²) in [5.74, 6) is 0.405. The summed E-state index contributed by atoms with van der Waals surface area (Å²) in [5, 5.41) is 31.2. The molecule has 0 saturated heterocycles. The Balaban J connectivity index is 1.64. The number of aryl methyl sites for hydroxylation is 1. The van der Waals surface area contributed by atoms with Gasteiger partial charge in [-0.15, -0.1) is 0 Å². The molecule has 0 amide bonds. The maximum Gasteiger partial charge on any atom is 0.143 e. The molecular formula is C19H18N4O3. The first-order valence-corrected chi connectivity index (χ1v) is 8.40. The van der Waals surface area contributed by atoms with Crippen LogP contribution in [-0.4, -0.2) is 43.1 Å². The molecule has 1 aliphatic rings. The van der Waals surface area contributed by atoms with Gasteiger partial charge in [0.15, 0.2) is 0 Å². The summed E-state index contributed by atoms with van der Waals surface area (Å²) in [7, 11) is 0. The SMILES string of the molecule is Cc1ncnc2c1ccn2C1CC(Oc2ccccc2C#N)[C@H](O)[C@@H]1O. The largest absolute Gasteiger partial charge is 0.486 e. The number of aliphatic hydroxyl groups excluding tert-OH is 2. The van der Waals surface area contributed by atoms with Crippen LogP contribution in [0.25, 0.3) is 11.0 Å². The normalized spacial score (nSPS) is 25.3. The highest BCUT2D eigenvalue weighted by Crippen LogP contribution is 2.36. The number of nitrogens with zero attached hydrogens (tertiary/aromatic N) is 4. The topological polar surface area (TPSA) is 104 Å². The first kappa shape index (κ1) is 16.5. The van der Waals surface area contributed by atoms with Crippen LogP contribution in [0.4, 0.5) is 0 Å². The molecule has 0 spiro atoms. The van der Waals surface area contributed by atoms with E-state index in [1.54, 1.807) is 24.3 Å². The lowest BCUT2D eigenvalue weighted by molar-refractivity contribution is -0.0164. The van der Waals surface area contributed by atoms with Gasteiger partial charge in [0.2, 0.25) is 0 Å². The highest BCUT2D eigenvalue weighted by molar-refractivity contribution is 5.78. The lowest BCUT2D eigenvalue weighted by Gasteiger charge is -2.19. The molecule has 2 heterocycles. The Morgan fingerprint density at radius 1 is 1.19 bits per heavy atom. The Morgan fingerprint density at radius 3 is 2.81 bits per heavy atom. The average Bonchev–Trinajstić information content (AvgIpc) is 3.20. The Bertz CT molecular complexity index is 994. The van der Waals surface area contributed by atoms with E-state index in [1.807, 2.05) is 23.8 Å². The lowest BCUT2D eigenvalue weighted by atomic mass is 10.2. The molecule has 132 valence electrons. The number of hydrogen-bond donors (Lipinski definition) is 2. The minimum Gasteiger partial charge on any atom is -0.486 e. The zero-order valence-corrected chi connectivity index (χ0v) is 14.1. The van der Waals surface area contributed by atoms with E-state index in [-0.39, 0.29) is 6.04 Å². The van der Waals surface area contributed by atoms with Gasteiger partial charge in [-0.25, -0.2) is 9.97 Å². The first-order valence-electron chi connectivity index (χ1n) is 8.40. The number of rotatable bonds is 3. The summed E-state index contributed by atoms with van der Waals surface area (Å²) in [6.45, 7) is 1.90. The number of aromatic nitrogens is 3. The summed E-state index contributed by atoms with van der Waals surface area (Å²) >= 11 is 0. The molecule has 2 aromatic heterocycles. The number of para-hydroxylation sites is 1. The van der Waals surface area contributed by atoms with Gasteiger partial charge in [-0.3, -0.25) is 0 Å². The minimum absolute atomic E-state index is 0.379. The second kappa shape index (κ2) is 6.41. The number of nitriles is 1. The molecule has 1 saturated carbocycles. The molecule has 1 aromatic carbocycles. The quantitative estimate of drug-likeness (QED) is 0.745. The summed E-state index contributed by atoms with van der Waals surface area (Å²) in [6, 6.07) is 10.5. The van der Waals surface area contributed by atoms with Crippen LogP contribution in [0.1, 0.15) is 23.7 Å². The fourth-order valence-electron chi connectivity index (χ4n) is 3.55. The van der Waals surface area contributed by atoms with Gasteiger partial charge in [-0.05, 0) is 25.1 Å². The van der Waals surface area contributed by atoms with Gasteiger partial charge in [0.25, 0.3) is 0 Å². The minimum atomic E-state index is -1.06. The van der Waals surface area contributed by atoms with Crippen LogP contribution in [0.5, 0.6) is 5.75 Å². The molecule has 0 radical (unpaired) electrons. The molecule has 3 aromatic rings. The van der Waals surface area contributed by atoms with Gasteiger partial charge in [0, 0.05) is 18.0 Å². The maximum absolute atomic E-state index is 10.6. The van der Waals surface area contributed by atoms with Crippen molar-refractivity contribution in [2.45, 2.75) is 37.7 Å². The van der Waals surface area contributed by atoms with Crippen LogP contribution in [0, 0.1) is 18.3 Å². The number of benzene rings is 1. The second-order valence-corrected chi connectivity index (χ2v) is 6.47. The van der Waals surface area contributed by atoms with Gasteiger partial charge in [-0.1, -0.05) is 12.1 Å². The van der Waals surface area contributed by atoms with Crippen molar-refractivity contribution in [2.24, 2.45) is 0 Å². The van der Waals surface area contributed by atoms with Crippen molar-refractivity contribution in [1.82, 2.24) is 14.5 Å². The molecule has 0 bridgehead atoms. The van der Waals surface area contributed by atoms with Gasteiger partial charge >= 0.3 is 0 Å². The van der Waals surface area contributed by atoms with Crippen molar-refractivity contribution >= 4 is 11.0 Å². The van der Waals surface area contributed by atoms with Crippen molar-refractivity contribution in [3.63, 3.8) is 0 Å². The van der Waals surface area contributed by atoms with Crippen LogP contribution in [-0.2, 0) is 0 Å². The first-order chi connectivity index (χ1) is 12.6. The fourth-order valence-corrected chi connectivity index (χ4v) is 3.55. The number of aliphatic hydroxyl groups is 2. The Kier molecular flexibility index (Phi) is 4.07. The summed E-state index contributed by atoms with van der Waals surface area (Å²) < 4.78 is 7.72. The van der Waals surface area contributed by atoms with Crippen molar-refractivity contribution in [1.29, 1.82) is 5.26 Å². The van der Waals surface area contributed by atoms with Gasteiger partial charge in [0.05, 0.1) is 17.3 Å². The van der Waals surface area contributed by atoms with E-state index in [0.717, 1.165) is 11.1 Å². The molecule has 7 heteroatoms. The average molecular weight is 350 g/mol. The molecule has 1 fully saturated rings. The Labute approximate surface area is 150 Å². The van der Waals surface area contributed by atoms with E-state index in [0.29, 0.717) is 23.4 Å². The fraction of sp³-hybridized carbons (Fsp3) is 0.316. The summed E-state index contributed by atoms with van der Waals surface area (Å²) in [4.78, 5) is 8.50. The monoisotopic (exact) mass is 350 g/mol. The van der Waals surface area contributed by atoms with Crippen molar-refractivity contribution in [3.8, 4) is 11.8 Å². The van der Waals surface area contributed by atoms with E-state index in [2.05, 4.69) is 16.0 Å². The Hall–Kier alpha value is -2.95. The molecule has 0 aliphatic heterocycles. The third kappa shape index (κ3) is 2.60. The van der Waals surface area contributed by atoms with Crippen molar-refractivity contribution in [2.75, 3.05) is 0 Å². The molecule has 26 heavy (non-hydrogen) atoms. The molecular weight excluding hydrogens is 332 g/mol. The van der Waals surface area contributed by atoms with E-state index in [9.17, 15) is 15.5 Å². The van der Waals surface area contributed by atoms with E-state index in [4.69, 9.17) is 4.74 Å². The standard InChI is InChI=1S/C19H18N4O3/c1-11-13-6-7-23(19(13)22-10-21-11)14-8-16(18(25)17(14)24)26-15-5-3-2-4-12(15)9-20/h2-7,10,14,16-18,24-25H,8H2,1H3/t14?,16?,17-,18+/m1/s1. The number of hydrogen-bond acceptors (Lipinski definition) is 6. The van der Waals surface area contributed by atoms with Gasteiger partial charge in [0.1, 0.15) is 42.1 Å². The van der Waals surface area contributed by atoms with Crippen LogP contribution >= 0.6 is 0 Å². The third-order valence-corrected chi connectivity index (χ3v) is 4.95. The number of ether oxygens (including phenoxy) is 1. The molecule has 4 rings (SSSR count). The van der Waals surface area contributed by atoms with Crippen LogP contribution in [0.2, 0.25) is 0 Å². The molecule has 7 nitrogen and oxygen atoms in total. The molecule has 2 N–H and O–H groups in total. The smallest absolute Gasteiger partial charge is 0.143 e. The van der Waals surface area contributed by atoms with Crippen LogP contribution < -0.4 is 4.74 Å². The highest BCUT2D eigenvalue weighted by atomic mass is 16.5. The predicted octanol–water partition coefficient (Wildman–Crippen LogP) is 1.73. The summed E-state index contributed by atoms with van der Waals surface area (Å²) in [6.07, 6.45) is 1.05. The molecule has 2 unspecified atom stereocenters. The van der Waals surface area contributed by atoms with Crippen LogP contribution in [0.15, 0.2) is 42.9 Å². The Morgan fingerprint density at radius 2 is 2.00 bits per heavy atom. The third-order valence-electron chi connectivity index (χ3n) is 4.95. The predicted molar refractivity (Wildman–Crippen MR) is 93.5 cm³/mol. The summed E-state index contributed by atoms with van der Waals surface area (Å²) in [5.41, 5.74) is 1.97. The van der Waals surface area contributed by atoms with Gasteiger partial charge in [-0.2, -0.15) is 5.26 Å². The van der Waals surface area contributed by atoms with E-state index >= 15 is 0 Å². The second-order valence-electron chi connectivity index (χ2n) is 6.47. The van der Waals surface area contributed by atoms with E-state index in [1.165, 1.54) is 6.33 Å². The molecule has 1 aliphatic carbocycles. The van der Waals surface area contributed by atoms with Crippen molar-refractivity contribution < 1.29 is 14.9 Å². The zero-order chi connectivity index (χ0) is 18.3.